The molecule has 3 fully saturated rings. The van der Waals surface area contributed by atoms with Crippen molar-refractivity contribution in [2.24, 2.45) is 33.7 Å². The lowest BCUT2D eigenvalue weighted by Crippen LogP contribution is -2.50. The highest BCUT2D eigenvalue weighted by molar-refractivity contribution is 5.92. The highest BCUT2D eigenvalue weighted by atomic mass is 16.7. The molecule has 178 valence electrons. The van der Waals surface area contributed by atoms with Gasteiger partial charge >= 0.3 is 12.2 Å². The number of rotatable bonds is 4. The summed E-state index contributed by atoms with van der Waals surface area (Å²) < 4.78 is 5.67. The number of carbonyl (C=O) groups excluding carboxylic acids is 2. The summed E-state index contributed by atoms with van der Waals surface area (Å²) in [5, 5.41) is 9.72. The Bertz CT molecular complexity index is 809. The molecule has 0 saturated heterocycles. The Morgan fingerprint density at radius 2 is 1.72 bits per heavy atom. The van der Waals surface area contributed by atoms with Gasteiger partial charge in [-0.1, -0.05) is 30.7 Å². The van der Waals surface area contributed by atoms with E-state index in [1.807, 2.05) is 13.8 Å². The second kappa shape index (κ2) is 9.06. The lowest BCUT2D eigenvalue weighted by molar-refractivity contribution is -0.0239. The van der Waals surface area contributed by atoms with Gasteiger partial charge in [-0.2, -0.15) is 0 Å². The molecule has 4 aliphatic carbocycles. The first kappa shape index (κ1) is 23.1. The fourth-order valence-electron chi connectivity index (χ4n) is 7.28. The van der Waals surface area contributed by atoms with Crippen LogP contribution in [0.5, 0.6) is 0 Å². The largest absolute Gasteiger partial charge is 0.446 e. The van der Waals surface area contributed by atoms with Gasteiger partial charge in [0.15, 0.2) is 0 Å². The fraction of sp³-hybridized carbons (Fsp3) is 0.800. The molecule has 0 unspecified atom stereocenters. The monoisotopic (exact) mass is 445 g/mol. The van der Waals surface area contributed by atoms with Crippen LogP contribution in [0.15, 0.2) is 16.8 Å². The van der Waals surface area contributed by atoms with Crippen molar-refractivity contribution in [3.63, 3.8) is 0 Å². The highest BCUT2D eigenvalue weighted by Crippen LogP contribution is 2.64. The van der Waals surface area contributed by atoms with Gasteiger partial charge in [0.1, 0.15) is 6.10 Å². The van der Waals surface area contributed by atoms with Crippen LogP contribution in [0, 0.1) is 28.6 Å². The molecule has 0 radical (unpaired) electrons. The minimum absolute atomic E-state index is 0.0112. The molecule has 0 aromatic heterocycles. The number of alkyl carbamates (subject to hydrolysis) is 1. The maximum atomic E-state index is 11.9. The van der Waals surface area contributed by atoms with Crippen molar-refractivity contribution >= 4 is 17.9 Å². The zero-order valence-electron chi connectivity index (χ0n) is 20.0. The first-order valence-electron chi connectivity index (χ1n) is 12.5. The molecule has 0 heterocycles. The molecule has 0 aromatic carbocycles. The molecule has 0 bridgehead atoms. The van der Waals surface area contributed by atoms with Gasteiger partial charge in [0.2, 0.25) is 0 Å². The van der Waals surface area contributed by atoms with E-state index in [0.29, 0.717) is 30.8 Å². The van der Waals surface area contributed by atoms with Crippen molar-refractivity contribution in [1.29, 1.82) is 0 Å². The average Bonchev–Trinajstić information content (AvgIpc) is 3.09. The van der Waals surface area contributed by atoms with Crippen LogP contribution in [0.4, 0.5) is 9.59 Å². The summed E-state index contributed by atoms with van der Waals surface area (Å²) in [5.74, 6) is 1.88. The number of nitrogens with one attached hydrogen (secondary N) is 2. The molecular weight excluding hydrogens is 406 g/mol. The van der Waals surface area contributed by atoms with Gasteiger partial charge in [-0.15, -0.1) is 0 Å². The average molecular weight is 446 g/mol. The van der Waals surface area contributed by atoms with E-state index in [-0.39, 0.29) is 23.0 Å². The SMILES string of the molecule is CCNC(=O)O/N=C1\CC[C@H]2[C@@H]3CC=C4C[C@@H](OC(=O)NCC)CC[C@]4(C)[C@H]3CC[C@]12C. The van der Waals surface area contributed by atoms with Crippen LogP contribution in [0.25, 0.3) is 0 Å². The minimum Gasteiger partial charge on any atom is -0.446 e. The second-order valence-corrected chi connectivity index (χ2v) is 10.5. The van der Waals surface area contributed by atoms with Gasteiger partial charge in [0.05, 0.1) is 5.71 Å². The summed E-state index contributed by atoms with van der Waals surface area (Å²) in [5.41, 5.74) is 2.77. The predicted octanol–water partition coefficient (Wildman–Crippen LogP) is 5.17. The highest BCUT2D eigenvalue weighted by Gasteiger charge is 2.58. The molecule has 4 rings (SSSR count). The topological polar surface area (TPSA) is 89.0 Å². The predicted molar refractivity (Wildman–Crippen MR) is 123 cm³/mol. The van der Waals surface area contributed by atoms with Gasteiger partial charge < -0.3 is 15.4 Å². The van der Waals surface area contributed by atoms with Crippen molar-refractivity contribution in [2.45, 2.75) is 85.2 Å². The second-order valence-electron chi connectivity index (χ2n) is 10.5. The summed E-state index contributed by atoms with van der Waals surface area (Å²) in [4.78, 5) is 28.8. The van der Waals surface area contributed by atoms with Crippen molar-refractivity contribution in [1.82, 2.24) is 10.6 Å². The third-order valence-electron chi connectivity index (χ3n) is 8.95. The van der Waals surface area contributed by atoms with Crippen LogP contribution in [-0.4, -0.2) is 37.1 Å². The number of oxime groups is 1. The van der Waals surface area contributed by atoms with E-state index in [2.05, 4.69) is 35.7 Å². The fourth-order valence-corrected chi connectivity index (χ4v) is 7.28. The van der Waals surface area contributed by atoms with Gasteiger partial charge in [-0.3, -0.25) is 4.84 Å². The number of hydrogen-bond acceptors (Lipinski definition) is 5. The minimum atomic E-state index is -0.468. The Labute approximate surface area is 191 Å². The van der Waals surface area contributed by atoms with Crippen molar-refractivity contribution < 1.29 is 19.2 Å². The molecular formula is C25H39N3O4. The Kier molecular flexibility index (Phi) is 6.55. The zero-order chi connectivity index (χ0) is 22.9. The molecule has 2 amide bonds. The summed E-state index contributed by atoms with van der Waals surface area (Å²) in [6.07, 6.45) is 9.96. The zero-order valence-corrected chi connectivity index (χ0v) is 20.0. The number of ether oxygens (including phenoxy) is 1. The standard InChI is InChI=1S/C25H39N3O4/c1-5-26-22(29)31-17-11-13-24(3)16(15-17)7-8-18-19-9-10-21(28-32-23(30)27-6-2)25(19,4)14-12-20(18)24/h7,17-20H,5-6,8-15H2,1-4H3,(H,26,29)(H,27,30)/b28-21+/t17-,18-,19-,20-,24-,25-/m0/s1. The van der Waals surface area contributed by atoms with Crippen LogP contribution in [-0.2, 0) is 9.57 Å². The van der Waals surface area contributed by atoms with Crippen LogP contribution in [0.3, 0.4) is 0 Å². The number of carbonyl (C=O) groups is 2. The van der Waals surface area contributed by atoms with E-state index in [9.17, 15) is 9.59 Å². The number of fused-ring (bicyclic) bond motifs is 5. The molecule has 0 aliphatic heterocycles. The van der Waals surface area contributed by atoms with Crippen LogP contribution in [0.1, 0.15) is 79.1 Å². The van der Waals surface area contributed by atoms with Crippen LogP contribution >= 0.6 is 0 Å². The molecule has 4 aliphatic rings. The normalized spacial score (nSPS) is 39.2. The Morgan fingerprint density at radius 1 is 1.03 bits per heavy atom. The first-order chi connectivity index (χ1) is 15.3. The van der Waals surface area contributed by atoms with E-state index in [1.54, 1.807) is 0 Å². The van der Waals surface area contributed by atoms with Gasteiger partial charge in [0.25, 0.3) is 0 Å². The molecule has 7 heteroatoms. The molecule has 2 N–H and O–H groups in total. The molecule has 7 nitrogen and oxygen atoms in total. The number of amides is 2. The lowest BCUT2D eigenvalue weighted by atomic mass is 9.48. The number of nitrogens with zero attached hydrogens (tertiary/aromatic N) is 1. The quantitative estimate of drug-likeness (QED) is 0.355. The van der Waals surface area contributed by atoms with Crippen molar-refractivity contribution in [2.75, 3.05) is 13.1 Å². The molecule has 0 aromatic rings. The molecule has 6 atom stereocenters. The smallest absolute Gasteiger partial charge is 0.433 e. The Hall–Kier alpha value is -2.05. The van der Waals surface area contributed by atoms with E-state index < -0.39 is 6.09 Å². The first-order valence-corrected chi connectivity index (χ1v) is 12.5. The van der Waals surface area contributed by atoms with Crippen molar-refractivity contribution in [3.05, 3.63) is 11.6 Å². The summed E-state index contributed by atoms with van der Waals surface area (Å²) in [7, 11) is 0. The van der Waals surface area contributed by atoms with E-state index >= 15 is 0 Å². The van der Waals surface area contributed by atoms with Gasteiger partial charge in [0, 0.05) is 24.9 Å². The summed E-state index contributed by atoms with van der Waals surface area (Å²) in [6.45, 7) is 9.69. The van der Waals surface area contributed by atoms with Crippen LogP contribution < -0.4 is 10.6 Å². The molecule has 3 saturated carbocycles. The third kappa shape index (κ3) is 4.03. The van der Waals surface area contributed by atoms with Gasteiger partial charge in [-0.25, -0.2) is 9.59 Å². The molecule has 0 spiro atoms. The number of hydrogen-bond donors (Lipinski definition) is 2. The van der Waals surface area contributed by atoms with E-state index in [0.717, 1.165) is 50.7 Å². The van der Waals surface area contributed by atoms with E-state index in [4.69, 9.17) is 9.57 Å². The maximum absolute atomic E-state index is 11.9. The van der Waals surface area contributed by atoms with Gasteiger partial charge in [-0.05, 0) is 82.0 Å². The van der Waals surface area contributed by atoms with E-state index in [1.165, 1.54) is 12.0 Å². The Balaban J connectivity index is 1.47. The maximum Gasteiger partial charge on any atom is 0.433 e. The van der Waals surface area contributed by atoms with Crippen LogP contribution in [0.2, 0.25) is 0 Å². The summed E-state index contributed by atoms with van der Waals surface area (Å²) >= 11 is 0. The Morgan fingerprint density at radius 3 is 2.47 bits per heavy atom. The lowest BCUT2D eigenvalue weighted by Gasteiger charge is -2.57. The van der Waals surface area contributed by atoms with Crippen molar-refractivity contribution in [3.8, 4) is 0 Å². The number of allylic oxidation sites excluding steroid dienone is 1. The third-order valence-corrected chi connectivity index (χ3v) is 8.95. The molecule has 32 heavy (non-hydrogen) atoms. The summed E-state index contributed by atoms with van der Waals surface area (Å²) in [6, 6.07) is 0.